The van der Waals surface area contributed by atoms with E-state index in [1.165, 1.54) is 0 Å². The molecular weight excluding hydrogens is 208 g/mol. The van der Waals surface area contributed by atoms with Gasteiger partial charge in [-0.25, -0.2) is 4.79 Å². The molecule has 0 bridgehead atoms. The van der Waals surface area contributed by atoms with Gasteiger partial charge in [0.05, 0.1) is 6.10 Å². The Morgan fingerprint density at radius 1 is 1.19 bits per heavy atom. The Hall–Kier alpha value is -0.610. The van der Waals surface area contributed by atoms with Crippen molar-refractivity contribution in [2.45, 2.75) is 56.7 Å². The number of aliphatic carboxylic acids is 1. The maximum absolute atomic E-state index is 11.4. The van der Waals surface area contributed by atoms with Crippen LogP contribution in [0.4, 0.5) is 0 Å². The van der Waals surface area contributed by atoms with E-state index in [1.54, 1.807) is 0 Å². The second kappa shape index (κ2) is 5.15. The average Bonchev–Trinajstić information content (AvgIpc) is 2.31. The van der Waals surface area contributed by atoms with Crippen LogP contribution in [0, 0.1) is 0 Å². The van der Waals surface area contributed by atoms with Crippen LogP contribution in [-0.4, -0.2) is 36.0 Å². The molecule has 0 aromatic carbocycles. The van der Waals surface area contributed by atoms with E-state index in [0.29, 0.717) is 26.1 Å². The quantitative estimate of drug-likeness (QED) is 0.802. The van der Waals surface area contributed by atoms with E-state index < -0.39 is 11.6 Å². The molecule has 1 saturated carbocycles. The summed E-state index contributed by atoms with van der Waals surface area (Å²) in [7, 11) is 0. The third kappa shape index (κ3) is 2.55. The molecule has 2 rings (SSSR count). The van der Waals surface area contributed by atoms with Gasteiger partial charge in [0.2, 0.25) is 0 Å². The van der Waals surface area contributed by atoms with Crippen LogP contribution in [0.5, 0.6) is 0 Å². The summed E-state index contributed by atoms with van der Waals surface area (Å²) < 4.78 is 11.2. The molecule has 0 spiro atoms. The predicted octanol–water partition coefficient (Wildman–Crippen LogP) is 1.97. The van der Waals surface area contributed by atoms with Gasteiger partial charge in [-0.05, 0) is 38.5 Å². The first kappa shape index (κ1) is 11.9. The van der Waals surface area contributed by atoms with Gasteiger partial charge in [0.25, 0.3) is 0 Å². The number of hydrogen-bond acceptors (Lipinski definition) is 3. The van der Waals surface area contributed by atoms with Crippen LogP contribution in [0.1, 0.15) is 44.9 Å². The largest absolute Gasteiger partial charge is 0.479 e. The lowest BCUT2D eigenvalue weighted by atomic mass is 9.84. The van der Waals surface area contributed by atoms with Crippen LogP contribution in [-0.2, 0) is 14.3 Å². The molecule has 1 aliphatic carbocycles. The van der Waals surface area contributed by atoms with Crippen LogP contribution in [0.25, 0.3) is 0 Å². The fourth-order valence-corrected chi connectivity index (χ4v) is 2.62. The predicted molar refractivity (Wildman–Crippen MR) is 58.4 cm³/mol. The van der Waals surface area contributed by atoms with E-state index >= 15 is 0 Å². The van der Waals surface area contributed by atoms with Crippen molar-refractivity contribution < 1.29 is 19.4 Å². The number of rotatable bonds is 3. The lowest BCUT2D eigenvalue weighted by molar-refractivity contribution is -0.186. The van der Waals surface area contributed by atoms with E-state index in [4.69, 9.17) is 9.47 Å². The molecule has 2 aliphatic rings. The SMILES string of the molecule is O=C(O)C1(OC2CCOCC2)CCCCC1. The van der Waals surface area contributed by atoms with Crippen LogP contribution < -0.4 is 0 Å². The highest BCUT2D eigenvalue weighted by atomic mass is 16.5. The highest BCUT2D eigenvalue weighted by Crippen LogP contribution is 2.34. The Balaban J connectivity index is 1.98. The minimum Gasteiger partial charge on any atom is -0.479 e. The molecule has 0 radical (unpaired) electrons. The Labute approximate surface area is 95.9 Å². The normalized spacial score (nSPS) is 26.5. The van der Waals surface area contributed by atoms with Gasteiger partial charge in [-0.3, -0.25) is 0 Å². The van der Waals surface area contributed by atoms with E-state index in [2.05, 4.69) is 0 Å². The average molecular weight is 228 g/mol. The van der Waals surface area contributed by atoms with Crippen molar-refractivity contribution in [1.29, 1.82) is 0 Å². The number of carboxylic acids is 1. The number of carbonyl (C=O) groups is 1. The summed E-state index contributed by atoms with van der Waals surface area (Å²) in [5.74, 6) is -0.779. The first-order chi connectivity index (χ1) is 7.73. The van der Waals surface area contributed by atoms with Crippen molar-refractivity contribution in [1.82, 2.24) is 0 Å². The maximum Gasteiger partial charge on any atom is 0.335 e. The van der Waals surface area contributed by atoms with Gasteiger partial charge in [0.15, 0.2) is 5.60 Å². The Kier molecular flexibility index (Phi) is 3.82. The van der Waals surface area contributed by atoms with Crippen LogP contribution in [0.2, 0.25) is 0 Å². The highest BCUT2D eigenvalue weighted by Gasteiger charge is 2.42. The molecule has 1 N–H and O–H groups in total. The molecule has 0 unspecified atom stereocenters. The second-order valence-corrected chi connectivity index (χ2v) is 4.79. The molecule has 0 amide bonds. The van der Waals surface area contributed by atoms with Crippen LogP contribution in [0.15, 0.2) is 0 Å². The molecule has 1 aliphatic heterocycles. The molecule has 4 heteroatoms. The topological polar surface area (TPSA) is 55.8 Å². The summed E-state index contributed by atoms with van der Waals surface area (Å²) in [4.78, 5) is 11.4. The van der Waals surface area contributed by atoms with E-state index in [9.17, 15) is 9.90 Å². The molecule has 0 atom stereocenters. The van der Waals surface area contributed by atoms with Crippen LogP contribution in [0.3, 0.4) is 0 Å². The number of carboxylic acid groups (broad SMARTS) is 1. The van der Waals surface area contributed by atoms with E-state index in [0.717, 1.165) is 32.1 Å². The first-order valence-corrected chi connectivity index (χ1v) is 6.22. The van der Waals surface area contributed by atoms with Crippen molar-refractivity contribution in [2.24, 2.45) is 0 Å². The molecule has 92 valence electrons. The summed E-state index contributed by atoms with van der Waals surface area (Å²) >= 11 is 0. The zero-order chi connectivity index (χ0) is 11.4. The van der Waals surface area contributed by atoms with Crippen molar-refractivity contribution in [3.05, 3.63) is 0 Å². The lowest BCUT2D eigenvalue weighted by Gasteiger charge is -2.37. The van der Waals surface area contributed by atoms with E-state index in [1.807, 2.05) is 0 Å². The lowest BCUT2D eigenvalue weighted by Crippen LogP contribution is -2.47. The molecule has 4 nitrogen and oxygen atoms in total. The standard InChI is InChI=1S/C12H20O4/c13-11(14)12(6-2-1-3-7-12)16-10-4-8-15-9-5-10/h10H,1-9H2,(H,13,14). The molecule has 1 saturated heterocycles. The third-order valence-corrected chi connectivity index (χ3v) is 3.61. The third-order valence-electron chi connectivity index (χ3n) is 3.61. The highest BCUT2D eigenvalue weighted by molar-refractivity contribution is 5.77. The van der Waals surface area contributed by atoms with Gasteiger partial charge in [-0.1, -0.05) is 6.42 Å². The summed E-state index contributed by atoms with van der Waals surface area (Å²) in [6.45, 7) is 1.39. The van der Waals surface area contributed by atoms with Gasteiger partial charge >= 0.3 is 5.97 Å². The summed E-state index contributed by atoms with van der Waals surface area (Å²) in [5, 5.41) is 9.36. The fraction of sp³-hybridized carbons (Fsp3) is 0.917. The Morgan fingerprint density at radius 3 is 2.38 bits per heavy atom. The van der Waals surface area contributed by atoms with Gasteiger partial charge in [-0.15, -0.1) is 0 Å². The van der Waals surface area contributed by atoms with Crippen molar-refractivity contribution in [3.8, 4) is 0 Å². The van der Waals surface area contributed by atoms with Gasteiger partial charge in [-0.2, -0.15) is 0 Å². The fourth-order valence-electron chi connectivity index (χ4n) is 2.62. The minimum atomic E-state index is -0.903. The zero-order valence-corrected chi connectivity index (χ0v) is 9.61. The summed E-state index contributed by atoms with van der Waals surface area (Å²) in [6.07, 6.45) is 6.13. The Morgan fingerprint density at radius 2 is 1.81 bits per heavy atom. The Bertz CT molecular complexity index is 239. The summed E-state index contributed by atoms with van der Waals surface area (Å²) in [5.41, 5.74) is -0.903. The van der Waals surface area contributed by atoms with Crippen molar-refractivity contribution in [3.63, 3.8) is 0 Å². The van der Waals surface area contributed by atoms with Gasteiger partial charge < -0.3 is 14.6 Å². The molecule has 0 aromatic rings. The molecule has 0 aromatic heterocycles. The van der Waals surface area contributed by atoms with Crippen molar-refractivity contribution in [2.75, 3.05) is 13.2 Å². The first-order valence-electron chi connectivity index (χ1n) is 6.22. The van der Waals surface area contributed by atoms with Gasteiger partial charge in [0, 0.05) is 13.2 Å². The van der Waals surface area contributed by atoms with Crippen LogP contribution >= 0.6 is 0 Å². The maximum atomic E-state index is 11.4. The molecular formula is C12H20O4. The molecule has 1 heterocycles. The summed E-state index contributed by atoms with van der Waals surface area (Å²) in [6, 6.07) is 0. The molecule has 2 fully saturated rings. The molecule has 16 heavy (non-hydrogen) atoms. The number of ether oxygens (including phenoxy) is 2. The van der Waals surface area contributed by atoms with Gasteiger partial charge in [0.1, 0.15) is 0 Å². The smallest absolute Gasteiger partial charge is 0.335 e. The zero-order valence-electron chi connectivity index (χ0n) is 9.61. The minimum absolute atomic E-state index is 0.0722. The van der Waals surface area contributed by atoms with E-state index in [-0.39, 0.29) is 6.10 Å². The number of hydrogen-bond donors (Lipinski definition) is 1. The van der Waals surface area contributed by atoms with Crippen molar-refractivity contribution >= 4 is 5.97 Å². The monoisotopic (exact) mass is 228 g/mol. The second-order valence-electron chi connectivity index (χ2n) is 4.79.